The van der Waals surface area contributed by atoms with Crippen LogP contribution in [0, 0.1) is 4.77 Å². The van der Waals surface area contributed by atoms with Crippen LogP contribution in [-0.2, 0) is 6.54 Å². The van der Waals surface area contributed by atoms with Gasteiger partial charge in [0.05, 0.1) is 0 Å². The topological polar surface area (TPSA) is 39.8 Å². The molecule has 0 saturated carbocycles. The highest BCUT2D eigenvalue weighted by atomic mass is 32.1. The molecule has 4 rings (SSSR count). The maximum absolute atomic E-state index is 12.6. The molecule has 27 heavy (non-hydrogen) atoms. The van der Waals surface area contributed by atoms with Crippen LogP contribution in [0.1, 0.15) is 10.4 Å². The fourth-order valence-electron chi connectivity index (χ4n) is 2.95. The Bertz CT molecular complexity index is 1120. The molecule has 0 fully saturated rings. The summed E-state index contributed by atoms with van der Waals surface area (Å²) in [5, 5.41) is 4.68. The highest BCUT2D eigenvalue weighted by Crippen LogP contribution is 2.22. The van der Waals surface area contributed by atoms with Crippen molar-refractivity contribution < 1.29 is 4.79 Å². The van der Waals surface area contributed by atoms with Crippen molar-refractivity contribution in [3.05, 3.63) is 101 Å². The highest BCUT2D eigenvalue weighted by Gasteiger charge is 2.16. The van der Waals surface area contributed by atoms with Gasteiger partial charge in [-0.05, 0) is 24.4 Å². The number of hydrogen-bond donors (Lipinski definition) is 0. The molecule has 132 valence electrons. The predicted molar refractivity (Wildman–Crippen MR) is 109 cm³/mol. The van der Waals surface area contributed by atoms with E-state index in [4.69, 9.17) is 12.2 Å². The summed E-state index contributed by atoms with van der Waals surface area (Å²) in [4.78, 5) is 12.6. The highest BCUT2D eigenvalue weighted by molar-refractivity contribution is 7.71. The van der Waals surface area contributed by atoms with Crippen LogP contribution >= 0.6 is 12.2 Å². The van der Waals surface area contributed by atoms with Crippen LogP contribution in [0.15, 0.2) is 91.0 Å². The van der Waals surface area contributed by atoms with Crippen molar-refractivity contribution in [2.75, 3.05) is 0 Å². The monoisotopic (exact) mass is 371 g/mol. The Labute approximate surface area is 162 Å². The number of hydrogen-bond acceptors (Lipinski definition) is 3. The van der Waals surface area contributed by atoms with Gasteiger partial charge in [0.1, 0.15) is 6.54 Å². The van der Waals surface area contributed by atoms with E-state index < -0.39 is 0 Å². The second kappa shape index (κ2) is 7.51. The quantitative estimate of drug-likeness (QED) is 0.368. The second-order valence-corrected chi connectivity index (χ2v) is 6.46. The molecule has 0 aliphatic heterocycles. The van der Waals surface area contributed by atoms with Crippen molar-refractivity contribution in [1.82, 2.24) is 14.3 Å². The molecule has 1 aromatic heterocycles. The van der Waals surface area contributed by atoms with Crippen molar-refractivity contribution in [2.24, 2.45) is 0 Å². The number of Topliss-reactive ketones (excluding diaryl/α,β-unsaturated/α-hetero) is 1. The number of nitrogens with zero attached hydrogens (tertiary/aromatic N) is 3. The lowest BCUT2D eigenvalue weighted by Gasteiger charge is -2.06. The molecule has 0 unspecified atom stereocenters. The van der Waals surface area contributed by atoms with Crippen molar-refractivity contribution in [1.29, 1.82) is 0 Å². The number of aromatic nitrogens is 3. The average molecular weight is 371 g/mol. The van der Waals surface area contributed by atoms with Crippen LogP contribution < -0.4 is 0 Å². The molecule has 4 aromatic rings. The predicted octanol–water partition coefficient (Wildman–Crippen LogP) is 4.95. The third-order valence-electron chi connectivity index (χ3n) is 4.27. The van der Waals surface area contributed by atoms with Gasteiger partial charge in [0.2, 0.25) is 4.77 Å². The fourth-order valence-corrected chi connectivity index (χ4v) is 3.24. The zero-order chi connectivity index (χ0) is 18.6. The molecule has 0 saturated heterocycles. The maximum atomic E-state index is 12.6. The van der Waals surface area contributed by atoms with Crippen LogP contribution in [0.4, 0.5) is 0 Å². The van der Waals surface area contributed by atoms with Gasteiger partial charge < -0.3 is 0 Å². The third-order valence-corrected chi connectivity index (χ3v) is 4.67. The van der Waals surface area contributed by atoms with Gasteiger partial charge in [0.15, 0.2) is 11.6 Å². The number of carbonyl (C=O) groups excluding carboxylic acids is 1. The van der Waals surface area contributed by atoms with Gasteiger partial charge in [0.25, 0.3) is 0 Å². The van der Waals surface area contributed by atoms with Crippen LogP contribution in [-0.4, -0.2) is 20.1 Å². The van der Waals surface area contributed by atoms with Gasteiger partial charge in [-0.1, -0.05) is 78.9 Å². The van der Waals surface area contributed by atoms with E-state index in [0.717, 1.165) is 11.3 Å². The molecule has 0 N–H and O–H groups in total. The van der Waals surface area contributed by atoms with E-state index in [1.165, 1.54) is 0 Å². The van der Waals surface area contributed by atoms with Gasteiger partial charge in [-0.2, -0.15) is 5.10 Å². The second-order valence-electron chi connectivity index (χ2n) is 6.09. The molecule has 5 heteroatoms. The molecule has 0 atom stereocenters. The van der Waals surface area contributed by atoms with E-state index in [9.17, 15) is 4.79 Å². The Kier molecular flexibility index (Phi) is 4.77. The number of benzene rings is 3. The number of carbonyl (C=O) groups is 1. The molecule has 0 bridgehead atoms. The molecule has 0 radical (unpaired) electrons. The normalized spacial score (nSPS) is 10.7. The van der Waals surface area contributed by atoms with Crippen molar-refractivity contribution in [3.8, 4) is 17.1 Å². The molecule has 0 amide bonds. The summed E-state index contributed by atoms with van der Waals surface area (Å²) in [6, 6.07) is 28.9. The van der Waals surface area contributed by atoms with E-state index in [-0.39, 0.29) is 12.3 Å². The van der Waals surface area contributed by atoms with E-state index >= 15 is 0 Å². The lowest BCUT2D eigenvalue weighted by atomic mass is 10.1. The number of para-hydroxylation sites is 1. The zero-order valence-electron chi connectivity index (χ0n) is 14.5. The molecule has 0 spiro atoms. The van der Waals surface area contributed by atoms with E-state index in [1.54, 1.807) is 16.8 Å². The Morgan fingerprint density at radius 1 is 0.815 bits per heavy atom. The summed E-state index contributed by atoms with van der Waals surface area (Å²) < 4.78 is 3.99. The lowest BCUT2D eigenvalue weighted by Crippen LogP contribution is -2.12. The minimum atomic E-state index is -0.0241. The average Bonchev–Trinajstić information content (AvgIpc) is 3.06. The zero-order valence-corrected chi connectivity index (χ0v) is 15.3. The van der Waals surface area contributed by atoms with Gasteiger partial charge in [-0.15, -0.1) is 0 Å². The Morgan fingerprint density at radius 3 is 2.00 bits per heavy atom. The van der Waals surface area contributed by atoms with Crippen molar-refractivity contribution in [2.45, 2.75) is 6.54 Å². The Hall–Kier alpha value is -3.31. The molecule has 1 heterocycles. The smallest absolute Gasteiger partial charge is 0.203 e. The van der Waals surface area contributed by atoms with Gasteiger partial charge in [-0.3, -0.25) is 9.36 Å². The molecule has 3 aromatic carbocycles. The first-order valence-corrected chi connectivity index (χ1v) is 9.04. The van der Waals surface area contributed by atoms with Crippen LogP contribution in [0.2, 0.25) is 0 Å². The molecule has 0 aliphatic carbocycles. The first-order valence-electron chi connectivity index (χ1n) is 8.63. The molecule has 0 aliphatic rings. The molecular weight excluding hydrogens is 354 g/mol. The molecule has 4 nitrogen and oxygen atoms in total. The Morgan fingerprint density at radius 2 is 1.37 bits per heavy atom. The number of ketones is 1. The van der Waals surface area contributed by atoms with Crippen LogP contribution in [0.3, 0.4) is 0 Å². The summed E-state index contributed by atoms with van der Waals surface area (Å²) >= 11 is 5.67. The summed E-state index contributed by atoms with van der Waals surface area (Å²) in [7, 11) is 0. The number of rotatable bonds is 5. The van der Waals surface area contributed by atoms with Gasteiger partial charge in [-0.25, -0.2) is 4.68 Å². The molecular formula is C22H17N3OS. The summed E-state index contributed by atoms with van der Waals surface area (Å²) in [5.41, 5.74) is 2.51. The first kappa shape index (κ1) is 17.1. The minimum Gasteiger partial charge on any atom is -0.292 e. The largest absolute Gasteiger partial charge is 0.292 e. The van der Waals surface area contributed by atoms with Crippen molar-refractivity contribution >= 4 is 18.0 Å². The van der Waals surface area contributed by atoms with Gasteiger partial charge in [0, 0.05) is 16.8 Å². The summed E-state index contributed by atoms with van der Waals surface area (Å²) in [6.45, 7) is 0.0997. The fraction of sp³-hybridized carbons (Fsp3) is 0.0455. The minimum absolute atomic E-state index is 0.0241. The van der Waals surface area contributed by atoms with E-state index in [2.05, 4.69) is 5.10 Å². The van der Waals surface area contributed by atoms with Gasteiger partial charge >= 0.3 is 0 Å². The Balaban J connectivity index is 1.81. The van der Waals surface area contributed by atoms with E-state index in [0.29, 0.717) is 16.2 Å². The van der Waals surface area contributed by atoms with Crippen LogP contribution in [0.5, 0.6) is 0 Å². The maximum Gasteiger partial charge on any atom is 0.203 e. The van der Waals surface area contributed by atoms with Crippen molar-refractivity contribution in [3.63, 3.8) is 0 Å². The SMILES string of the molecule is O=C(Cn1nc(-c2ccccc2)n(-c2ccccc2)c1=S)c1ccccc1. The summed E-state index contributed by atoms with van der Waals surface area (Å²) in [6.07, 6.45) is 0. The van der Waals surface area contributed by atoms with E-state index in [1.807, 2.05) is 83.4 Å². The third kappa shape index (κ3) is 3.50. The lowest BCUT2D eigenvalue weighted by molar-refractivity contribution is 0.0967. The summed E-state index contributed by atoms with van der Waals surface area (Å²) in [5.74, 6) is 0.691. The standard InChI is InChI=1S/C22H17N3OS/c26-20(17-10-4-1-5-11-17)16-24-22(27)25(19-14-8-3-9-15-19)21(23-24)18-12-6-2-7-13-18/h1-15H,16H2. The van der Waals surface area contributed by atoms with Crippen LogP contribution in [0.25, 0.3) is 17.1 Å². The first-order chi connectivity index (χ1) is 13.2.